The molecule has 0 saturated heterocycles. The molecular formula is C17H21NO2. The first kappa shape index (κ1) is 13.3. The monoisotopic (exact) mass is 271 g/mol. The summed E-state index contributed by atoms with van der Waals surface area (Å²) in [6.07, 6.45) is 3.03. The van der Waals surface area contributed by atoms with Crippen LogP contribution in [0.25, 0.3) is 11.1 Å². The number of rotatable bonds is 4. The molecule has 1 N–H and O–H groups in total. The van der Waals surface area contributed by atoms with Crippen LogP contribution in [-0.4, -0.2) is 12.1 Å². The molecule has 3 rings (SSSR count). The molecule has 2 aromatic rings. The van der Waals surface area contributed by atoms with E-state index >= 15 is 0 Å². The quantitative estimate of drug-likeness (QED) is 0.919. The van der Waals surface area contributed by atoms with E-state index in [0.29, 0.717) is 6.04 Å². The number of fused-ring (bicyclic) bond motifs is 1. The first-order valence-corrected chi connectivity index (χ1v) is 7.23. The summed E-state index contributed by atoms with van der Waals surface area (Å²) in [7, 11) is 0. The minimum Gasteiger partial charge on any atom is -0.490 e. The van der Waals surface area contributed by atoms with E-state index in [1.165, 1.54) is 16.7 Å². The molecule has 1 unspecified atom stereocenters. The van der Waals surface area contributed by atoms with Gasteiger partial charge in [-0.25, -0.2) is 0 Å². The minimum absolute atomic E-state index is 0.284. The highest BCUT2D eigenvalue weighted by atomic mass is 16.5. The number of nitrogens with one attached hydrogen (secondary N) is 1. The first-order valence-electron chi connectivity index (χ1n) is 7.23. The van der Waals surface area contributed by atoms with Crippen LogP contribution < -0.4 is 10.1 Å². The van der Waals surface area contributed by atoms with E-state index in [1.54, 1.807) is 6.26 Å². The van der Waals surface area contributed by atoms with Gasteiger partial charge in [-0.15, -0.1) is 0 Å². The third kappa shape index (κ3) is 2.59. The van der Waals surface area contributed by atoms with Crippen LogP contribution in [0.2, 0.25) is 0 Å². The minimum atomic E-state index is 0.284. The molecule has 0 aliphatic carbocycles. The maximum absolute atomic E-state index is 5.75. The van der Waals surface area contributed by atoms with Crippen LogP contribution in [0.15, 0.2) is 34.9 Å². The second kappa shape index (κ2) is 5.33. The van der Waals surface area contributed by atoms with Crippen LogP contribution in [0.1, 0.15) is 32.1 Å². The Morgan fingerprint density at radius 3 is 2.95 bits per heavy atom. The van der Waals surface area contributed by atoms with Gasteiger partial charge in [-0.1, -0.05) is 19.9 Å². The molecule has 0 fully saturated rings. The molecule has 20 heavy (non-hydrogen) atoms. The van der Waals surface area contributed by atoms with Gasteiger partial charge in [0.25, 0.3) is 0 Å². The topological polar surface area (TPSA) is 34.4 Å². The SMILES string of the molecule is CC(C)NCc1occc1-c1ccc2c(c1)CC(C)O2. The zero-order valence-corrected chi connectivity index (χ0v) is 12.3. The van der Waals surface area contributed by atoms with Gasteiger partial charge >= 0.3 is 0 Å². The summed E-state index contributed by atoms with van der Waals surface area (Å²) in [6, 6.07) is 8.89. The molecule has 0 amide bonds. The number of hydrogen-bond donors (Lipinski definition) is 1. The molecule has 106 valence electrons. The molecule has 0 bridgehead atoms. The molecule has 0 radical (unpaired) electrons. The highest BCUT2D eigenvalue weighted by molar-refractivity contribution is 5.68. The highest BCUT2D eigenvalue weighted by Crippen LogP contribution is 2.34. The largest absolute Gasteiger partial charge is 0.490 e. The second-order valence-electron chi connectivity index (χ2n) is 5.75. The lowest BCUT2D eigenvalue weighted by Crippen LogP contribution is -2.21. The van der Waals surface area contributed by atoms with E-state index in [0.717, 1.165) is 24.5 Å². The maximum Gasteiger partial charge on any atom is 0.125 e. The average molecular weight is 271 g/mol. The van der Waals surface area contributed by atoms with Crippen LogP contribution in [0, 0.1) is 0 Å². The van der Waals surface area contributed by atoms with Crippen molar-refractivity contribution < 1.29 is 9.15 Å². The zero-order valence-electron chi connectivity index (χ0n) is 12.3. The molecule has 1 aromatic carbocycles. The van der Waals surface area contributed by atoms with Gasteiger partial charge in [0.1, 0.15) is 17.6 Å². The first-order chi connectivity index (χ1) is 9.63. The second-order valence-corrected chi connectivity index (χ2v) is 5.75. The molecule has 2 heterocycles. The van der Waals surface area contributed by atoms with Gasteiger partial charge < -0.3 is 14.5 Å². The van der Waals surface area contributed by atoms with Crippen molar-refractivity contribution in [3.05, 3.63) is 41.9 Å². The average Bonchev–Trinajstić information content (AvgIpc) is 2.99. The van der Waals surface area contributed by atoms with Crippen molar-refractivity contribution in [3.63, 3.8) is 0 Å². The summed E-state index contributed by atoms with van der Waals surface area (Å²) in [5.74, 6) is 2.01. The normalized spacial score (nSPS) is 17.3. The van der Waals surface area contributed by atoms with E-state index in [4.69, 9.17) is 9.15 Å². The zero-order chi connectivity index (χ0) is 14.1. The Morgan fingerprint density at radius 2 is 2.15 bits per heavy atom. The van der Waals surface area contributed by atoms with Gasteiger partial charge in [-0.2, -0.15) is 0 Å². The van der Waals surface area contributed by atoms with Gasteiger partial charge in [-0.05, 0) is 36.2 Å². The Hall–Kier alpha value is -1.74. The summed E-state index contributed by atoms with van der Waals surface area (Å²) >= 11 is 0. The molecule has 1 aliphatic rings. The van der Waals surface area contributed by atoms with Crippen molar-refractivity contribution in [2.45, 2.75) is 45.9 Å². The van der Waals surface area contributed by atoms with Crippen molar-refractivity contribution in [2.24, 2.45) is 0 Å². The van der Waals surface area contributed by atoms with E-state index in [9.17, 15) is 0 Å². The van der Waals surface area contributed by atoms with E-state index in [2.05, 4.69) is 44.3 Å². The summed E-state index contributed by atoms with van der Waals surface area (Å²) < 4.78 is 11.4. The van der Waals surface area contributed by atoms with Crippen molar-refractivity contribution in [1.29, 1.82) is 0 Å². The summed E-state index contributed by atoms with van der Waals surface area (Å²) in [4.78, 5) is 0. The maximum atomic E-state index is 5.75. The predicted octanol–water partition coefficient (Wildman–Crippen LogP) is 3.77. The third-order valence-electron chi connectivity index (χ3n) is 3.62. The van der Waals surface area contributed by atoms with Crippen LogP contribution in [0.3, 0.4) is 0 Å². The van der Waals surface area contributed by atoms with Crippen LogP contribution in [-0.2, 0) is 13.0 Å². The van der Waals surface area contributed by atoms with Gasteiger partial charge in [0, 0.05) is 18.0 Å². The standard InChI is InChI=1S/C17H21NO2/c1-11(2)18-10-17-15(6-7-19-17)13-4-5-16-14(9-13)8-12(3)20-16/h4-7,9,11-12,18H,8,10H2,1-3H3. The van der Waals surface area contributed by atoms with E-state index < -0.39 is 0 Å². The fourth-order valence-corrected chi connectivity index (χ4v) is 2.62. The lowest BCUT2D eigenvalue weighted by Gasteiger charge is -2.08. The molecule has 1 aliphatic heterocycles. The van der Waals surface area contributed by atoms with Crippen molar-refractivity contribution >= 4 is 0 Å². The fourth-order valence-electron chi connectivity index (χ4n) is 2.62. The van der Waals surface area contributed by atoms with E-state index in [-0.39, 0.29) is 6.10 Å². The lowest BCUT2D eigenvalue weighted by atomic mass is 10.0. The number of benzene rings is 1. The molecule has 1 aromatic heterocycles. The number of ether oxygens (including phenoxy) is 1. The Balaban J connectivity index is 1.87. The number of furan rings is 1. The molecule has 0 saturated carbocycles. The van der Waals surface area contributed by atoms with Crippen molar-refractivity contribution in [2.75, 3.05) is 0 Å². The van der Waals surface area contributed by atoms with Crippen LogP contribution >= 0.6 is 0 Å². The lowest BCUT2D eigenvalue weighted by molar-refractivity contribution is 0.254. The van der Waals surface area contributed by atoms with Crippen LogP contribution in [0.4, 0.5) is 0 Å². The molecule has 3 heteroatoms. The Labute approximate surface area is 119 Å². The molecular weight excluding hydrogens is 250 g/mol. The Morgan fingerprint density at radius 1 is 1.30 bits per heavy atom. The summed E-state index contributed by atoms with van der Waals surface area (Å²) in [5.41, 5.74) is 3.66. The Kier molecular flexibility index (Phi) is 3.53. The summed E-state index contributed by atoms with van der Waals surface area (Å²) in [5, 5.41) is 3.40. The molecule has 0 spiro atoms. The van der Waals surface area contributed by atoms with Crippen LogP contribution in [0.5, 0.6) is 5.75 Å². The smallest absolute Gasteiger partial charge is 0.125 e. The Bertz CT molecular complexity index is 601. The molecule has 1 atom stereocenters. The number of hydrogen-bond acceptors (Lipinski definition) is 3. The third-order valence-corrected chi connectivity index (χ3v) is 3.62. The van der Waals surface area contributed by atoms with E-state index in [1.807, 2.05) is 6.07 Å². The fraction of sp³-hybridized carbons (Fsp3) is 0.412. The predicted molar refractivity (Wildman–Crippen MR) is 79.9 cm³/mol. The molecule has 3 nitrogen and oxygen atoms in total. The summed E-state index contributed by atoms with van der Waals surface area (Å²) in [6.45, 7) is 7.13. The van der Waals surface area contributed by atoms with Gasteiger partial charge in [0.15, 0.2) is 0 Å². The van der Waals surface area contributed by atoms with Gasteiger partial charge in [0.2, 0.25) is 0 Å². The van der Waals surface area contributed by atoms with Gasteiger partial charge in [-0.3, -0.25) is 0 Å². The highest BCUT2D eigenvalue weighted by Gasteiger charge is 2.20. The van der Waals surface area contributed by atoms with Crippen molar-refractivity contribution in [3.8, 4) is 16.9 Å². The van der Waals surface area contributed by atoms with Crippen molar-refractivity contribution in [1.82, 2.24) is 5.32 Å². The van der Waals surface area contributed by atoms with Gasteiger partial charge in [0.05, 0.1) is 12.8 Å².